The van der Waals surface area contributed by atoms with Crippen molar-refractivity contribution in [1.29, 1.82) is 0 Å². The molecule has 1 aliphatic rings. The van der Waals surface area contributed by atoms with Crippen LogP contribution in [-0.4, -0.2) is 55.7 Å². The number of hydrogen-bond donors (Lipinski definition) is 0. The van der Waals surface area contributed by atoms with Gasteiger partial charge in [-0.2, -0.15) is 17.5 Å². The van der Waals surface area contributed by atoms with Crippen LogP contribution < -0.4 is 0 Å². The summed E-state index contributed by atoms with van der Waals surface area (Å²) in [5.41, 5.74) is 2.32. The van der Waals surface area contributed by atoms with E-state index in [0.717, 1.165) is 23.9 Å². The molecule has 1 aliphatic heterocycles. The van der Waals surface area contributed by atoms with Crippen molar-refractivity contribution in [1.82, 2.24) is 9.21 Å². The Balaban J connectivity index is 1.97. The molecule has 0 aromatic heterocycles. The molecule has 0 amide bonds. The van der Waals surface area contributed by atoms with E-state index in [-0.39, 0.29) is 0 Å². The van der Waals surface area contributed by atoms with Crippen molar-refractivity contribution in [2.45, 2.75) is 38.5 Å². The highest BCUT2D eigenvalue weighted by Gasteiger charge is 2.39. The van der Waals surface area contributed by atoms with Crippen molar-refractivity contribution in [3.05, 3.63) is 35.4 Å². The highest BCUT2D eigenvalue weighted by atomic mass is 32.2. The molecule has 1 saturated heterocycles. The van der Waals surface area contributed by atoms with Gasteiger partial charge in [0.1, 0.15) is 6.54 Å². The first-order valence-electron chi connectivity index (χ1n) is 7.86. The summed E-state index contributed by atoms with van der Waals surface area (Å²) in [5, 5.41) is 0. The number of alkyl halides is 3. The first-order valence-corrected chi connectivity index (χ1v) is 9.71. The van der Waals surface area contributed by atoms with Gasteiger partial charge in [0.05, 0.1) is 6.26 Å². The average molecular weight is 364 g/mol. The maximum Gasteiger partial charge on any atom is 0.402 e. The SMILES string of the molecule is Cc1cccc(CN2CCC(N(CC(F)(F)F)S(C)(=O)=O)CC2)c1. The Morgan fingerprint density at radius 3 is 2.38 bits per heavy atom. The molecule has 0 atom stereocenters. The first kappa shape index (κ1) is 19.2. The van der Waals surface area contributed by atoms with Gasteiger partial charge < -0.3 is 0 Å². The Hall–Kier alpha value is -1.12. The van der Waals surface area contributed by atoms with Crippen LogP contribution in [0.5, 0.6) is 0 Å². The fourth-order valence-corrected chi connectivity index (χ4v) is 4.26. The minimum atomic E-state index is -4.53. The maximum absolute atomic E-state index is 12.7. The van der Waals surface area contributed by atoms with E-state index in [1.54, 1.807) is 0 Å². The van der Waals surface area contributed by atoms with Crippen molar-refractivity contribution >= 4 is 10.0 Å². The number of sulfonamides is 1. The number of halogens is 3. The van der Waals surface area contributed by atoms with Crippen molar-refractivity contribution in [2.24, 2.45) is 0 Å². The van der Waals surface area contributed by atoms with E-state index in [1.807, 2.05) is 25.1 Å². The number of rotatable bonds is 5. The Bertz CT molecular complexity index is 654. The average Bonchev–Trinajstić information content (AvgIpc) is 2.44. The van der Waals surface area contributed by atoms with Gasteiger partial charge in [-0.3, -0.25) is 4.90 Å². The molecule has 1 aromatic rings. The number of benzene rings is 1. The third kappa shape index (κ3) is 5.75. The van der Waals surface area contributed by atoms with Gasteiger partial charge in [0.25, 0.3) is 0 Å². The Morgan fingerprint density at radius 2 is 1.88 bits per heavy atom. The smallest absolute Gasteiger partial charge is 0.299 e. The van der Waals surface area contributed by atoms with Crippen LogP contribution in [0.1, 0.15) is 24.0 Å². The molecule has 8 heteroatoms. The Morgan fingerprint density at radius 1 is 1.25 bits per heavy atom. The molecular weight excluding hydrogens is 341 g/mol. The van der Waals surface area contributed by atoms with Crippen molar-refractivity contribution in [3.63, 3.8) is 0 Å². The second-order valence-electron chi connectivity index (χ2n) is 6.42. The summed E-state index contributed by atoms with van der Waals surface area (Å²) in [6.45, 7) is 2.50. The molecule has 4 nitrogen and oxygen atoms in total. The monoisotopic (exact) mass is 364 g/mol. The van der Waals surface area contributed by atoms with Crippen molar-refractivity contribution in [3.8, 4) is 0 Å². The summed E-state index contributed by atoms with van der Waals surface area (Å²) in [6, 6.07) is 7.50. The van der Waals surface area contributed by atoms with Crippen LogP contribution >= 0.6 is 0 Å². The number of hydrogen-bond acceptors (Lipinski definition) is 3. The number of aryl methyl sites for hydroxylation is 1. The topological polar surface area (TPSA) is 40.6 Å². The lowest BCUT2D eigenvalue weighted by molar-refractivity contribution is -0.140. The molecule has 1 aromatic carbocycles. The summed E-state index contributed by atoms with van der Waals surface area (Å²) in [5.74, 6) is 0. The van der Waals surface area contributed by atoms with Gasteiger partial charge in [-0.25, -0.2) is 8.42 Å². The molecule has 2 rings (SSSR count). The maximum atomic E-state index is 12.7. The summed E-state index contributed by atoms with van der Waals surface area (Å²) < 4.78 is 62.1. The van der Waals surface area contributed by atoms with Gasteiger partial charge in [0.2, 0.25) is 10.0 Å². The third-order valence-electron chi connectivity index (χ3n) is 4.21. The quantitative estimate of drug-likeness (QED) is 0.807. The minimum absolute atomic E-state index is 0.412. The summed E-state index contributed by atoms with van der Waals surface area (Å²) in [4.78, 5) is 2.15. The van der Waals surface area contributed by atoms with Crippen molar-refractivity contribution in [2.75, 3.05) is 25.9 Å². The van der Waals surface area contributed by atoms with Gasteiger partial charge in [-0.05, 0) is 25.3 Å². The summed E-state index contributed by atoms with van der Waals surface area (Å²) in [6.07, 6.45) is -2.86. The standard InChI is InChI=1S/C16H23F3N2O2S/c1-13-4-3-5-14(10-13)11-20-8-6-15(7-9-20)21(24(2,22)23)12-16(17,18)19/h3-5,10,15H,6-9,11-12H2,1-2H3. The first-order chi connectivity index (χ1) is 11.0. The Labute approximate surface area is 141 Å². The molecule has 0 N–H and O–H groups in total. The van der Waals surface area contributed by atoms with Crippen LogP contribution in [0.4, 0.5) is 13.2 Å². The van der Waals surface area contributed by atoms with Crippen LogP contribution in [-0.2, 0) is 16.6 Å². The summed E-state index contributed by atoms with van der Waals surface area (Å²) >= 11 is 0. The molecule has 1 heterocycles. The third-order valence-corrected chi connectivity index (χ3v) is 5.49. The van der Waals surface area contributed by atoms with Gasteiger partial charge in [0, 0.05) is 25.7 Å². The van der Waals surface area contributed by atoms with E-state index in [2.05, 4.69) is 11.0 Å². The normalized spacial score (nSPS) is 18.2. The largest absolute Gasteiger partial charge is 0.402 e. The molecule has 1 fully saturated rings. The van der Waals surface area contributed by atoms with E-state index >= 15 is 0 Å². The predicted molar refractivity (Wildman–Crippen MR) is 87.1 cm³/mol. The van der Waals surface area contributed by atoms with E-state index in [1.165, 1.54) is 0 Å². The molecule has 24 heavy (non-hydrogen) atoms. The lowest BCUT2D eigenvalue weighted by atomic mass is 10.0. The molecule has 0 saturated carbocycles. The molecular formula is C16H23F3N2O2S. The lowest BCUT2D eigenvalue weighted by Gasteiger charge is -2.37. The van der Waals surface area contributed by atoms with Crippen LogP contribution in [0.25, 0.3) is 0 Å². The van der Waals surface area contributed by atoms with E-state index in [4.69, 9.17) is 0 Å². The van der Waals surface area contributed by atoms with Crippen LogP contribution in [0.15, 0.2) is 24.3 Å². The number of nitrogens with zero attached hydrogens (tertiary/aromatic N) is 2. The van der Waals surface area contributed by atoms with Gasteiger partial charge >= 0.3 is 6.18 Å². The van der Waals surface area contributed by atoms with Gasteiger partial charge in [-0.1, -0.05) is 29.8 Å². The molecule has 136 valence electrons. The Kier molecular flexibility index (Phi) is 5.93. The predicted octanol–water partition coefficient (Wildman–Crippen LogP) is 2.78. The van der Waals surface area contributed by atoms with Gasteiger partial charge in [0.15, 0.2) is 0 Å². The second-order valence-corrected chi connectivity index (χ2v) is 8.35. The molecule has 0 spiro atoms. The zero-order chi connectivity index (χ0) is 18.0. The zero-order valence-electron chi connectivity index (χ0n) is 13.9. The highest BCUT2D eigenvalue weighted by molar-refractivity contribution is 7.88. The molecule has 0 aliphatic carbocycles. The van der Waals surface area contributed by atoms with E-state index < -0.39 is 28.8 Å². The molecule has 0 bridgehead atoms. The fourth-order valence-electron chi connectivity index (χ4n) is 3.13. The fraction of sp³-hybridized carbons (Fsp3) is 0.625. The minimum Gasteiger partial charge on any atom is -0.299 e. The van der Waals surface area contributed by atoms with Crippen LogP contribution in [0.2, 0.25) is 0 Å². The van der Waals surface area contributed by atoms with Crippen molar-refractivity contribution < 1.29 is 21.6 Å². The highest BCUT2D eigenvalue weighted by Crippen LogP contribution is 2.25. The van der Waals surface area contributed by atoms with E-state index in [9.17, 15) is 21.6 Å². The summed E-state index contributed by atoms with van der Waals surface area (Å²) in [7, 11) is -3.88. The lowest BCUT2D eigenvalue weighted by Crippen LogP contribution is -2.49. The second kappa shape index (κ2) is 7.41. The van der Waals surface area contributed by atoms with Crippen LogP contribution in [0, 0.1) is 6.92 Å². The van der Waals surface area contributed by atoms with E-state index in [0.29, 0.717) is 30.2 Å². The zero-order valence-corrected chi connectivity index (χ0v) is 14.7. The van der Waals surface area contributed by atoms with Gasteiger partial charge in [-0.15, -0.1) is 0 Å². The number of piperidine rings is 1. The van der Waals surface area contributed by atoms with Crippen LogP contribution in [0.3, 0.4) is 0 Å². The number of likely N-dealkylation sites (tertiary alicyclic amines) is 1. The molecule has 0 unspecified atom stereocenters. The molecule has 0 radical (unpaired) electrons.